The van der Waals surface area contributed by atoms with Gasteiger partial charge in [0.2, 0.25) is 5.91 Å². The Hall–Kier alpha value is -2.03. The van der Waals surface area contributed by atoms with E-state index in [4.69, 9.17) is 33.3 Å². The summed E-state index contributed by atoms with van der Waals surface area (Å²) in [5.41, 5.74) is 3.21. The van der Waals surface area contributed by atoms with Crippen molar-refractivity contribution >= 4 is 57.8 Å². The van der Waals surface area contributed by atoms with Crippen LogP contribution in [0, 0.1) is 23.2 Å². The van der Waals surface area contributed by atoms with Crippen LogP contribution in [-0.2, 0) is 9.59 Å². The Bertz CT molecular complexity index is 1080. The Morgan fingerprint density at radius 2 is 1.91 bits per heavy atom. The van der Waals surface area contributed by atoms with E-state index in [-0.39, 0.29) is 17.2 Å². The second kappa shape index (κ2) is 9.79. The van der Waals surface area contributed by atoms with Crippen molar-refractivity contribution in [3.05, 3.63) is 40.3 Å². The van der Waals surface area contributed by atoms with E-state index < -0.39 is 0 Å². The van der Waals surface area contributed by atoms with Crippen molar-refractivity contribution in [2.75, 3.05) is 13.2 Å². The molecular formula is C26H29ClN2O4S2. The van der Waals surface area contributed by atoms with Crippen LogP contribution < -0.4 is 14.9 Å². The number of thioether (sulfide) groups is 1. The van der Waals surface area contributed by atoms with Crippen molar-refractivity contribution in [3.8, 4) is 11.5 Å². The summed E-state index contributed by atoms with van der Waals surface area (Å²) in [6.45, 7) is 6.25. The van der Waals surface area contributed by atoms with Crippen molar-refractivity contribution < 1.29 is 19.1 Å². The third-order valence-electron chi connectivity index (χ3n) is 7.50. The molecule has 0 unspecified atom stereocenters. The van der Waals surface area contributed by atoms with Crippen LogP contribution in [0.4, 0.5) is 0 Å². The molecule has 2 amide bonds. The van der Waals surface area contributed by atoms with Crippen molar-refractivity contribution in [1.29, 1.82) is 0 Å². The first-order chi connectivity index (χ1) is 16.8. The number of hydrazine groups is 1. The molecule has 1 aromatic carbocycles. The molecular weight excluding hydrogens is 504 g/mol. The van der Waals surface area contributed by atoms with Gasteiger partial charge in [-0.2, -0.15) is 5.01 Å². The van der Waals surface area contributed by atoms with Gasteiger partial charge in [0.1, 0.15) is 6.61 Å². The number of hydrogen-bond acceptors (Lipinski definition) is 6. The number of ether oxygens (including phenoxy) is 2. The summed E-state index contributed by atoms with van der Waals surface area (Å²) >= 11 is 13.1. The number of thiocarbonyl (C=S) groups is 1. The molecule has 0 atom stereocenters. The Balaban J connectivity index is 1.34. The number of carbonyl (C=O) groups excluding carboxylic acids is 2. The van der Waals surface area contributed by atoms with Crippen LogP contribution in [0.5, 0.6) is 11.5 Å². The van der Waals surface area contributed by atoms with E-state index in [9.17, 15) is 9.59 Å². The lowest BCUT2D eigenvalue weighted by molar-refractivity contribution is -0.152. The van der Waals surface area contributed by atoms with E-state index in [1.54, 1.807) is 24.3 Å². The maximum absolute atomic E-state index is 13.4. The molecule has 0 aromatic heterocycles. The van der Waals surface area contributed by atoms with Crippen molar-refractivity contribution in [2.24, 2.45) is 23.2 Å². The number of nitrogens with zero attached hydrogens (tertiary/aromatic N) is 1. The van der Waals surface area contributed by atoms with Gasteiger partial charge in [-0.25, -0.2) is 0 Å². The predicted octanol–water partition coefficient (Wildman–Crippen LogP) is 5.75. The molecule has 1 N–H and O–H groups in total. The van der Waals surface area contributed by atoms with E-state index in [0.29, 0.717) is 62.3 Å². The van der Waals surface area contributed by atoms with E-state index in [1.807, 2.05) is 6.92 Å². The number of amides is 2. The zero-order valence-electron chi connectivity index (χ0n) is 19.7. The molecule has 1 aliphatic heterocycles. The van der Waals surface area contributed by atoms with Crippen LogP contribution in [0.25, 0.3) is 6.08 Å². The normalized spacial score (nSPS) is 30.2. The van der Waals surface area contributed by atoms with Crippen LogP contribution in [0.15, 0.2) is 29.7 Å². The average Bonchev–Trinajstić information content (AvgIpc) is 3.05. The molecule has 1 aromatic rings. The van der Waals surface area contributed by atoms with Gasteiger partial charge in [0, 0.05) is 0 Å². The van der Waals surface area contributed by atoms with Crippen LogP contribution in [0.1, 0.15) is 51.0 Å². The number of nitrogens with one attached hydrogen (secondary N) is 1. The molecule has 9 heteroatoms. The summed E-state index contributed by atoms with van der Waals surface area (Å²) in [5.74, 6) is 2.45. The standard InChI is InChI=1S/C26H29ClN2O4S2/c1-3-5-33-22-19(27)9-15(10-20(22)32-4-2)11-21-23(30)29(25(34)35-21)28-24(31)26-12-16-6-17(13-26)8-18(7-16)14-26/h3,9-11,16-18H,1,4-8,12-14H2,2H3,(H,28,31)/b21-11+. The molecule has 6 rings (SSSR count). The third-order valence-corrected chi connectivity index (χ3v) is 9.08. The molecule has 5 fully saturated rings. The minimum Gasteiger partial charge on any atom is -0.490 e. The zero-order chi connectivity index (χ0) is 24.7. The first kappa shape index (κ1) is 24.7. The van der Waals surface area contributed by atoms with Gasteiger partial charge in [-0.15, -0.1) is 0 Å². The molecule has 0 spiro atoms. The molecule has 4 saturated carbocycles. The topological polar surface area (TPSA) is 67.9 Å². The molecule has 6 nitrogen and oxygen atoms in total. The molecule has 4 bridgehead atoms. The molecule has 35 heavy (non-hydrogen) atoms. The van der Waals surface area contributed by atoms with Crippen LogP contribution in [0.3, 0.4) is 0 Å². The van der Waals surface area contributed by atoms with Gasteiger partial charge in [-0.1, -0.05) is 36.0 Å². The van der Waals surface area contributed by atoms with Crippen LogP contribution >= 0.6 is 35.6 Å². The highest BCUT2D eigenvalue weighted by molar-refractivity contribution is 8.26. The summed E-state index contributed by atoms with van der Waals surface area (Å²) in [6, 6.07) is 3.48. The number of hydrogen-bond donors (Lipinski definition) is 1. The lowest BCUT2D eigenvalue weighted by atomic mass is 9.49. The molecule has 5 aliphatic rings. The largest absolute Gasteiger partial charge is 0.490 e. The van der Waals surface area contributed by atoms with E-state index in [0.717, 1.165) is 31.0 Å². The summed E-state index contributed by atoms with van der Waals surface area (Å²) in [4.78, 5) is 27.1. The maximum atomic E-state index is 13.4. The fourth-order valence-corrected chi connectivity index (χ4v) is 7.99. The molecule has 1 saturated heterocycles. The third kappa shape index (κ3) is 4.72. The van der Waals surface area contributed by atoms with Crippen LogP contribution in [0.2, 0.25) is 5.02 Å². The number of rotatable bonds is 8. The van der Waals surface area contributed by atoms with Gasteiger partial charge in [-0.05, 0) is 99.2 Å². The summed E-state index contributed by atoms with van der Waals surface area (Å²) in [6.07, 6.45) is 9.86. The Morgan fingerprint density at radius 3 is 2.51 bits per heavy atom. The molecule has 186 valence electrons. The van der Waals surface area contributed by atoms with Gasteiger partial charge >= 0.3 is 0 Å². The van der Waals surface area contributed by atoms with Gasteiger partial charge in [0.15, 0.2) is 15.8 Å². The summed E-state index contributed by atoms with van der Waals surface area (Å²) in [7, 11) is 0. The minimum absolute atomic E-state index is 0.0560. The maximum Gasteiger partial charge on any atom is 0.285 e. The highest BCUT2D eigenvalue weighted by Crippen LogP contribution is 2.60. The van der Waals surface area contributed by atoms with E-state index in [2.05, 4.69) is 12.0 Å². The molecule has 4 aliphatic carbocycles. The second-order valence-corrected chi connectivity index (χ2v) is 12.1. The summed E-state index contributed by atoms with van der Waals surface area (Å²) in [5, 5.41) is 1.61. The highest BCUT2D eigenvalue weighted by Gasteiger charge is 2.55. The molecule has 0 radical (unpaired) electrons. The van der Waals surface area contributed by atoms with Crippen molar-refractivity contribution in [2.45, 2.75) is 45.4 Å². The Labute approximate surface area is 220 Å². The fraction of sp³-hybridized carbons (Fsp3) is 0.500. The smallest absolute Gasteiger partial charge is 0.285 e. The van der Waals surface area contributed by atoms with Gasteiger partial charge in [0.25, 0.3) is 5.91 Å². The van der Waals surface area contributed by atoms with Crippen LogP contribution in [-0.4, -0.2) is 34.4 Å². The first-order valence-corrected chi connectivity index (χ1v) is 13.7. The fourth-order valence-electron chi connectivity index (χ4n) is 6.54. The second-order valence-electron chi connectivity index (χ2n) is 10.0. The van der Waals surface area contributed by atoms with Crippen molar-refractivity contribution in [1.82, 2.24) is 10.4 Å². The monoisotopic (exact) mass is 532 g/mol. The SMILES string of the molecule is C=CCOc1c(Cl)cc(/C=C2/SC(=S)N(NC(=O)C34CC5CC(CC(C5)C3)C4)C2=O)cc1OCC. The van der Waals surface area contributed by atoms with Gasteiger partial charge in [0.05, 0.1) is 21.9 Å². The number of halogens is 1. The lowest BCUT2D eigenvalue weighted by Crippen LogP contribution is -2.57. The quantitative estimate of drug-likeness (QED) is 0.261. The lowest BCUT2D eigenvalue weighted by Gasteiger charge is -2.55. The van der Waals surface area contributed by atoms with E-state index >= 15 is 0 Å². The number of carbonyl (C=O) groups is 2. The summed E-state index contributed by atoms with van der Waals surface area (Å²) < 4.78 is 11.7. The minimum atomic E-state index is -0.358. The highest BCUT2D eigenvalue weighted by atomic mass is 35.5. The Kier molecular flexibility index (Phi) is 6.90. The first-order valence-electron chi connectivity index (χ1n) is 12.1. The van der Waals surface area contributed by atoms with E-state index in [1.165, 1.54) is 24.3 Å². The average molecular weight is 533 g/mol. The molecule has 1 heterocycles. The van der Waals surface area contributed by atoms with Gasteiger partial charge in [-0.3, -0.25) is 15.0 Å². The van der Waals surface area contributed by atoms with Gasteiger partial charge < -0.3 is 9.47 Å². The predicted molar refractivity (Wildman–Crippen MR) is 142 cm³/mol. The van der Waals surface area contributed by atoms with Crippen molar-refractivity contribution in [3.63, 3.8) is 0 Å². The zero-order valence-corrected chi connectivity index (χ0v) is 22.1. The number of benzene rings is 1. The Morgan fingerprint density at radius 1 is 1.26 bits per heavy atom.